The maximum atomic E-state index is 12.8. The number of fused-ring (bicyclic) bond motifs is 2. The van der Waals surface area contributed by atoms with Gasteiger partial charge in [-0.2, -0.15) is 5.26 Å². The van der Waals surface area contributed by atoms with E-state index < -0.39 is 5.92 Å². The summed E-state index contributed by atoms with van der Waals surface area (Å²) in [5.41, 5.74) is 2.12. The fourth-order valence-corrected chi connectivity index (χ4v) is 4.18. The van der Waals surface area contributed by atoms with Gasteiger partial charge in [0, 0.05) is 5.92 Å². The molecule has 0 spiro atoms. The Hall–Kier alpha value is -1.62. The van der Waals surface area contributed by atoms with Crippen LogP contribution in [0, 0.1) is 29.1 Å². The van der Waals surface area contributed by atoms with Gasteiger partial charge >= 0.3 is 0 Å². The molecule has 0 aromatic heterocycles. The molecule has 2 aliphatic carbocycles. The maximum Gasteiger partial charge on any atom is 0.157 e. The van der Waals surface area contributed by atoms with Gasteiger partial charge in [0.05, 0.1) is 6.07 Å². The normalized spacial score (nSPS) is 28.6. The first-order chi connectivity index (χ1) is 10.1. The third-order valence-corrected chi connectivity index (χ3v) is 5.45. The first-order valence-electron chi connectivity index (χ1n) is 8.13. The van der Waals surface area contributed by atoms with E-state index in [2.05, 4.69) is 32.0 Å². The molecule has 2 nitrogen and oxygen atoms in total. The van der Waals surface area contributed by atoms with E-state index in [9.17, 15) is 10.1 Å². The zero-order valence-electron chi connectivity index (χ0n) is 12.9. The first kappa shape index (κ1) is 14.3. The summed E-state index contributed by atoms with van der Waals surface area (Å²) in [6.45, 7) is 4.30. The molecule has 0 saturated heterocycles. The van der Waals surface area contributed by atoms with Crippen LogP contribution in [0.3, 0.4) is 0 Å². The average Bonchev–Trinajstić information content (AvgIpc) is 3.11. The maximum absolute atomic E-state index is 12.8. The van der Waals surface area contributed by atoms with Gasteiger partial charge in [-0.3, -0.25) is 4.79 Å². The lowest BCUT2D eigenvalue weighted by atomic mass is 9.79. The monoisotopic (exact) mass is 281 g/mol. The van der Waals surface area contributed by atoms with Crippen LogP contribution in [0.5, 0.6) is 0 Å². The molecular weight excluding hydrogens is 258 g/mol. The summed E-state index contributed by atoms with van der Waals surface area (Å²) in [5.74, 6) is 1.50. The molecule has 3 rings (SSSR count). The lowest BCUT2D eigenvalue weighted by Crippen LogP contribution is -2.26. The minimum Gasteiger partial charge on any atom is -0.298 e. The highest BCUT2D eigenvalue weighted by Gasteiger charge is 2.44. The third kappa shape index (κ3) is 2.62. The molecule has 110 valence electrons. The molecule has 0 amide bonds. The minimum atomic E-state index is -0.574. The van der Waals surface area contributed by atoms with E-state index in [-0.39, 0.29) is 11.7 Å². The van der Waals surface area contributed by atoms with E-state index in [4.69, 9.17) is 0 Å². The van der Waals surface area contributed by atoms with E-state index in [1.165, 1.54) is 24.8 Å². The smallest absolute Gasteiger partial charge is 0.157 e. The summed E-state index contributed by atoms with van der Waals surface area (Å²) in [4.78, 5) is 12.8. The largest absolute Gasteiger partial charge is 0.298 e. The molecular formula is C19H23NO. The van der Waals surface area contributed by atoms with Crippen molar-refractivity contribution in [3.8, 4) is 6.07 Å². The van der Waals surface area contributed by atoms with Crippen molar-refractivity contribution in [3.63, 3.8) is 0 Å². The Morgan fingerprint density at radius 3 is 2.29 bits per heavy atom. The molecule has 1 aromatic carbocycles. The zero-order chi connectivity index (χ0) is 15.0. The molecule has 2 aliphatic rings. The van der Waals surface area contributed by atoms with Crippen LogP contribution in [0.25, 0.3) is 0 Å². The summed E-state index contributed by atoms with van der Waals surface area (Å²) in [6, 6.07) is 10.3. The molecule has 0 heterocycles. The second-order valence-corrected chi connectivity index (χ2v) is 7.07. The Balaban J connectivity index is 1.78. The van der Waals surface area contributed by atoms with Crippen molar-refractivity contribution in [1.29, 1.82) is 5.26 Å². The summed E-state index contributed by atoms with van der Waals surface area (Å²) in [6.07, 6.45) is 4.70. The van der Waals surface area contributed by atoms with Gasteiger partial charge in [-0.25, -0.2) is 0 Å². The number of carbonyl (C=O) groups excluding carboxylic acids is 1. The Bertz CT molecular complexity index is 566. The minimum absolute atomic E-state index is 0.137. The lowest BCUT2D eigenvalue weighted by Gasteiger charge is -2.22. The number of benzene rings is 1. The van der Waals surface area contributed by atoms with Gasteiger partial charge in [0.2, 0.25) is 0 Å². The van der Waals surface area contributed by atoms with Gasteiger partial charge in [0.25, 0.3) is 0 Å². The zero-order valence-corrected chi connectivity index (χ0v) is 12.9. The molecule has 2 heteroatoms. The van der Waals surface area contributed by atoms with Crippen LogP contribution in [0.1, 0.15) is 62.5 Å². The number of hydrogen-bond donors (Lipinski definition) is 0. The SMILES string of the molecule is CC(C)c1ccc(C(C#N)C(=O)C2CC3CCC2C3)cc1. The molecule has 21 heavy (non-hydrogen) atoms. The van der Waals surface area contributed by atoms with Gasteiger partial charge in [-0.05, 0) is 48.1 Å². The Morgan fingerprint density at radius 2 is 1.81 bits per heavy atom. The van der Waals surface area contributed by atoms with Crippen LogP contribution in [0.15, 0.2) is 24.3 Å². The highest BCUT2D eigenvalue weighted by atomic mass is 16.1. The molecule has 2 saturated carbocycles. The predicted molar refractivity (Wildman–Crippen MR) is 82.8 cm³/mol. The van der Waals surface area contributed by atoms with Crippen LogP contribution >= 0.6 is 0 Å². The topological polar surface area (TPSA) is 40.9 Å². The van der Waals surface area contributed by atoms with Gasteiger partial charge < -0.3 is 0 Å². The molecule has 1 aromatic rings. The number of nitriles is 1. The lowest BCUT2D eigenvalue weighted by molar-refractivity contribution is -0.124. The van der Waals surface area contributed by atoms with Crippen LogP contribution in [0.4, 0.5) is 0 Å². The standard InChI is InChI=1S/C19H23NO/c1-12(2)14-5-7-15(8-6-14)18(11-20)19(21)17-10-13-3-4-16(17)9-13/h5-8,12-13,16-18H,3-4,9-10H2,1-2H3. The fraction of sp³-hybridized carbons (Fsp3) is 0.579. The van der Waals surface area contributed by atoms with E-state index in [1.54, 1.807) is 0 Å². The number of rotatable bonds is 4. The molecule has 0 N–H and O–H groups in total. The number of carbonyl (C=O) groups is 1. The second-order valence-electron chi connectivity index (χ2n) is 7.07. The van der Waals surface area contributed by atoms with Crippen molar-refractivity contribution in [2.75, 3.05) is 0 Å². The highest BCUT2D eigenvalue weighted by molar-refractivity contribution is 5.91. The van der Waals surface area contributed by atoms with E-state index in [1.807, 2.05) is 12.1 Å². The van der Waals surface area contributed by atoms with Crippen molar-refractivity contribution in [2.24, 2.45) is 17.8 Å². The highest BCUT2D eigenvalue weighted by Crippen LogP contribution is 2.49. The average molecular weight is 281 g/mol. The molecule has 0 radical (unpaired) electrons. The quantitative estimate of drug-likeness (QED) is 0.819. The van der Waals surface area contributed by atoms with E-state index in [0.29, 0.717) is 11.8 Å². The van der Waals surface area contributed by atoms with Gasteiger partial charge in [0.15, 0.2) is 5.78 Å². The first-order valence-corrected chi connectivity index (χ1v) is 8.13. The van der Waals surface area contributed by atoms with Crippen LogP contribution in [-0.2, 0) is 4.79 Å². The summed E-state index contributed by atoms with van der Waals surface area (Å²) >= 11 is 0. The number of nitrogens with zero attached hydrogens (tertiary/aromatic N) is 1. The third-order valence-electron chi connectivity index (χ3n) is 5.45. The van der Waals surface area contributed by atoms with Crippen LogP contribution < -0.4 is 0 Å². The van der Waals surface area contributed by atoms with Gasteiger partial charge in [-0.1, -0.05) is 44.5 Å². The summed E-state index contributed by atoms with van der Waals surface area (Å²) in [5, 5.41) is 9.49. The van der Waals surface area contributed by atoms with Crippen LogP contribution in [-0.4, -0.2) is 5.78 Å². The van der Waals surface area contributed by atoms with Crippen molar-refractivity contribution in [3.05, 3.63) is 35.4 Å². The molecule has 2 fully saturated rings. The van der Waals surface area contributed by atoms with Crippen molar-refractivity contribution >= 4 is 5.78 Å². The Kier molecular flexibility index (Phi) is 3.85. The molecule has 0 aliphatic heterocycles. The van der Waals surface area contributed by atoms with E-state index in [0.717, 1.165) is 17.9 Å². The molecule has 4 atom stereocenters. The van der Waals surface area contributed by atoms with Crippen molar-refractivity contribution in [2.45, 2.75) is 51.4 Å². The predicted octanol–water partition coefficient (Wildman–Crippen LogP) is 4.42. The van der Waals surface area contributed by atoms with E-state index >= 15 is 0 Å². The van der Waals surface area contributed by atoms with Gasteiger partial charge in [-0.15, -0.1) is 0 Å². The number of ketones is 1. The van der Waals surface area contributed by atoms with Crippen LogP contribution in [0.2, 0.25) is 0 Å². The molecule has 4 unspecified atom stereocenters. The summed E-state index contributed by atoms with van der Waals surface area (Å²) in [7, 11) is 0. The van der Waals surface area contributed by atoms with Crippen molar-refractivity contribution in [1.82, 2.24) is 0 Å². The number of Topliss-reactive ketones (excluding diaryl/α,β-unsaturated/α-hetero) is 1. The Labute approximate surface area is 127 Å². The van der Waals surface area contributed by atoms with Gasteiger partial charge in [0.1, 0.15) is 5.92 Å². The number of hydrogen-bond acceptors (Lipinski definition) is 2. The molecule has 2 bridgehead atoms. The van der Waals surface area contributed by atoms with Crippen molar-refractivity contribution < 1.29 is 4.79 Å². The second kappa shape index (κ2) is 5.64. The summed E-state index contributed by atoms with van der Waals surface area (Å²) < 4.78 is 0. The Morgan fingerprint density at radius 1 is 1.14 bits per heavy atom. The fourth-order valence-electron chi connectivity index (χ4n) is 4.18.